The van der Waals surface area contributed by atoms with E-state index in [4.69, 9.17) is 5.73 Å². The Labute approximate surface area is 102 Å². The molecule has 0 spiro atoms. The molecule has 1 fully saturated rings. The summed E-state index contributed by atoms with van der Waals surface area (Å²) in [5.74, 6) is 0.148. The molecule has 0 unspecified atom stereocenters. The van der Waals surface area contributed by atoms with Crippen molar-refractivity contribution in [3.63, 3.8) is 0 Å². The Morgan fingerprint density at radius 2 is 1.94 bits per heavy atom. The van der Waals surface area contributed by atoms with Gasteiger partial charge in [0.25, 0.3) is 0 Å². The van der Waals surface area contributed by atoms with Gasteiger partial charge in [0.15, 0.2) is 0 Å². The van der Waals surface area contributed by atoms with Crippen LogP contribution < -0.4 is 10.7 Å². The van der Waals surface area contributed by atoms with E-state index < -0.39 is 5.54 Å². The van der Waals surface area contributed by atoms with Crippen LogP contribution in [0.2, 0.25) is 0 Å². The third-order valence-electron chi connectivity index (χ3n) is 3.14. The second-order valence-electron chi connectivity index (χ2n) is 5.03. The molecule has 0 aliphatic carbocycles. The quantitative estimate of drug-likeness (QED) is 0.841. The molecule has 0 saturated carbocycles. The van der Waals surface area contributed by atoms with Crippen LogP contribution in [0, 0.1) is 0 Å². The number of carbonyl (C=O) groups is 1. The van der Waals surface area contributed by atoms with Crippen LogP contribution in [0.3, 0.4) is 0 Å². The van der Waals surface area contributed by atoms with E-state index in [1.54, 1.807) is 12.1 Å². The molecule has 2 N–H and O–H groups in total. The van der Waals surface area contributed by atoms with Gasteiger partial charge >= 0.3 is 0 Å². The molecule has 2 rings (SSSR count). The summed E-state index contributed by atoms with van der Waals surface area (Å²) in [6.45, 7) is 4.68. The Hall–Kier alpha value is -1.55. The van der Waals surface area contributed by atoms with Crippen LogP contribution in [0.5, 0.6) is 0 Å². The zero-order valence-corrected chi connectivity index (χ0v) is 10.6. The maximum absolute atomic E-state index is 11.6. The van der Waals surface area contributed by atoms with Crippen molar-refractivity contribution in [3.8, 4) is 0 Å². The summed E-state index contributed by atoms with van der Waals surface area (Å²) in [4.78, 5) is 11.6. The van der Waals surface area contributed by atoms with Crippen molar-refractivity contribution in [3.05, 3.63) is 29.8 Å². The molecule has 1 aromatic carbocycles. The highest BCUT2D eigenvalue weighted by molar-refractivity contribution is 5.82. The van der Waals surface area contributed by atoms with E-state index in [1.165, 1.54) is 0 Å². The highest BCUT2D eigenvalue weighted by atomic mass is 16.2. The monoisotopic (exact) mass is 233 g/mol. The number of hydrogen-bond donors (Lipinski definition) is 1. The third kappa shape index (κ3) is 2.13. The number of benzene rings is 1. The Balaban J connectivity index is 2.43. The van der Waals surface area contributed by atoms with Gasteiger partial charge in [0.1, 0.15) is 0 Å². The van der Waals surface area contributed by atoms with Crippen molar-refractivity contribution in [1.29, 1.82) is 0 Å². The number of para-hydroxylation sites is 1. The number of carbonyl (C=O) groups excluding carboxylic acids is 1. The van der Waals surface area contributed by atoms with Crippen molar-refractivity contribution in [2.24, 2.45) is 5.73 Å². The summed E-state index contributed by atoms with van der Waals surface area (Å²) in [6.07, 6.45) is 0.565. The first kappa shape index (κ1) is 11.9. The van der Waals surface area contributed by atoms with Crippen LogP contribution in [0.15, 0.2) is 24.3 Å². The molecule has 1 heterocycles. The Kier molecular flexibility index (Phi) is 2.83. The molecule has 0 bridgehead atoms. The van der Waals surface area contributed by atoms with Crippen molar-refractivity contribution < 1.29 is 4.79 Å². The molecule has 17 heavy (non-hydrogen) atoms. The molecule has 0 aromatic heterocycles. The van der Waals surface area contributed by atoms with E-state index in [0.717, 1.165) is 17.8 Å². The number of amides is 1. The van der Waals surface area contributed by atoms with Crippen molar-refractivity contribution in [1.82, 2.24) is 5.01 Å². The minimum atomic E-state index is -0.414. The average molecular weight is 233 g/mol. The normalized spacial score (nSPS) is 16.8. The zero-order valence-electron chi connectivity index (χ0n) is 10.6. The Morgan fingerprint density at radius 3 is 2.47 bits per heavy atom. The fraction of sp³-hybridized carbons (Fsp3) is 0.462. The third-order valence-corrected chi connectivity index (χ3v) is 3.14. The van der Waals surface area contributed by atoms with Gasteiger partial charge in [-0.2, -0.15) is 0 Å². The summed E-state index contributed by atoms with van der Waals surface area (Å²) >= 11 is 0. The highest BCUT2D eigenvalue weighted by Crippen LogP contribution is 2.31. The maximum Gasteiger partial charge on any atom is 0.242 e. The maximum atomic E-state index is 11.6. The standard InChI is InChI=1S/C13H19N3O/c1-13(2,14)10-6-4-5-7-11(10)16-9-8-12(17)15(16)3/h4-7H,8-9,14H2,1-3H3. The van der Waals surface area contributed by atoms with E-state index in [9.17, 15) is 4.79 Å². The summed E-state index contributed by atoms with van der Waals surface area (Å²) in [6, 6.07) is 7.98. The van der Waals surface area contributed by atoms with E-state index in [1.807, 2.05) is 43.1 Å². The summed E-state index contributed by atoms with van der Waals surface area (Å²) in [5.41, 5.74) is 7.84. The fourth-order valence-electron chi connectivity index (χ4n) is 2.17. The van der Waals surface area contributed by atoms with Gasteiger partial charge in [0, 0.05) is 25.6 Å². The smallest absolute Gasteiger partial charge is 0.242 e. The van der Waals surface area contributed by atoms with Gasteiger partial charge in [0.05, 0.1) is 5.69 Å². The van der Waals surface area contributed by atoms with Crippen LogP contribution >= 0.6 is 0 Å². The van der Waals surface area contributed by atoms with Crippen molar-refractivity contribution in [2.75, 3.05) is 18.6 Å². The molecule has 92 valence electrons. The molecule has 4 heteroatoms. The van der Waals surface area contributed by atoms with Gasteiger partial charge in [-0.25, -0.2) is 0 Å². The molecule has 1 aliphatic heterocycles. The Bertz CT molecular complexity index is 437. The zero-order chi connectivity index (χ0) is 12.6. The molecule has 1 aromatic rings. The lowest BCUT2D eigenvalue weighted by Crippen LogP contribution is -2.38. The molecular weight excluding hydrogens is 214 g/mol. The molecule has 0 radical (unpaired) electrons. The minimum absolute atomic E-state index is 0.148. The number of rotatable bonds is 2. The number of anilines is 1. The lowest BCUT2D eigenvalue weighted by molar-refractivity contribution is -0.126. The van der Waals surface area contributed by atoms with Gasteiger partial charge in [-0.15, -0.1) is 0 Å². The van der Waals surface area contributed by atoms with Crippen LogP contribution in [-0.2, 0) is 10.3 Å². The number of hydrogen-bond acceptors (Lipinski definition) is 3. The van der Waals surface area contributed by atoms with Crippen LogP contribution in [0.25, 0.3) is 0 Å². The SMILES string of the molecule is CN1C(=O)CCN1c1ccccc1C(C)(C)N. The van der Waals surface area contributed by atoms with Gasteiger partial charge in [-0.05, 0) is 25.5 Å². The molecule has 1 saturated heterocycles. The van der Waals surface area contributed by atoms with E-state index in [0.29, 0.717) is 6.42 Å². The fourth-order valence-corrected chi connectivity index (χ4v) is 2.17. The van der Waals surface area contributed by atoms with Crippen LogP contribution in [0.4, 0.5) is 5.69 Å². The second kappa shape index (κ2) is 4.04. The molecule has 4 nitrogen and oxygen atoms in total. The summed E-state index contributed by atoms with van der Waals surface area (Å²) in [5, 5.41) is 3.66. The van der Waals surface area contributed by atoms with E-state index in [-0.39, 0.29) is 5.91 Å². The minimum Gasteiger partial charge on any atom is -0.322 e. The largest absolute Gasteiger partial charge is 0.322 e. The lowest BCUT2D eigenvalue weighted by atomic mass is 9.94. The highest BCUT2D eigenvalue weighted by Gasteiger charge is 2.29. The Morgan fingerprint density at radius 1 is 1.29 bits per heavy atom. The predicted octanol–water partition coefficient (Wildman–Crippen LogP) is 1.46. The lowest BCUT2D eigenvalue weighted by Gasteiger charge is -2.32. The number of nitrogens with two attached hydrogens (primary N) is 1. The summed E-state index contributed by atoms with van der Waals surface area (Å²) in [7, 11) is 1.80. The first-order valence-electron chi connectivity index (χ1n) is 5.83. The van der Waals surface area contributed by atoms with Crippen LogP contribution in [0.1, 0.15) is 25.8 Å². The first-order valence-corrected chi connectivity index (χ1v) is 5.83. The van der Waals surface area contributed by atoms with Crippen molar-refractivity contribution >= 4 is 11.6 Å². The first-order chi connectivity index (χ1) is 7.91. The topological polar surface area (TPSA) is 49.6 Å². The van der Waals surface area contributed by atoms with Gasteiger partial charge in [0.2, 0.25) is 5.91 Å². The molecular formula is C13H19N3O. The molecule has 0 atom stereocenters. The van der Waals surface area contributed by atoms with Crippen LogP contribution in [-0.4, -0.2) is 24.5 Å². The van der Waals surface area contributed by atoms with Crippen molar-refractivity contribution in [2.45, 2.75) is 25.8 Å². The molecule has 1 amide bonds. The molecule has 1 aliphatic rings. The predicted molar refractivity (Wildman–Crippen MR) is 68.4 cm³/mol. The van der Waals surface area contributed by atoms with Gasteiger partial charge in [-0.1, -0.05) is 18.2 Å². The van der Waals surface area contributed by atoms with E-state index in [2.05, 4.69) is 0 Å². The number of nitrogens with zero attached hydrogens (tertiary/aromatic N) is 2. The van der Waals surface area contributed by atoms with Gasteiger partial charge in [-0.3, -0.25) is 14.8 Å². The number of hydrazine groups is 1. The van der Waals surface area contributed by atoms with Gasteiger partial charge < -0.3 is 5.73 Å². The average Bonchev–Trinajstić information content (AvgIpc) is 2.59. The second-order valence-corrected chi connectivity index (χ2v) is 5.03. The summed E-state index contributed by atoms with van der Waals surface area (Å²) < 4.78 is 0. The van der Waals surface area contributed by atoms with E-state index >= 15 is 0 Å².